The van der Waals surface area contributed by atoms with E-state index < -0.39 is 154 Å². The minimum atomic E-state index is -2.20. The molecule has 0 aliphatic carbocycles. The van der Waals surface area contributed by atoms with E-state index in [1.807, 2.05) is 0 Å². The number of alkyl carbamates (subject to hydrolysis) is 1. The van der Waals surface area contributed by atoms with Gasteiger partial charge in [-0.2, -0.15) is 0 Å². The number of esters is 1. The molecule has 29 heteroatoms. The normalized spacial score (nSPS) is 20.7. The van der Waals surface area contributed by atoms with E-state index in [0.29, 0.717) is 5.56 Å². The summed E-state index contributed by atoms with van der Waals surface area (Å²) >= 11 is 13.8. The number of halogens is 2. The van der Waals surface area contributed by atoms with Gasteiger partial charge < -0.3 is 96.6 Å². The van der Waals surface area contributed by atoms with Crippen LogP contribution in [0.1, 0.15) is 80.8 Å². The molecule has 0 unspecified atom stereocenters. The molecule has 14 N–H and O–H groups in total. The molecule has 0 spiro atoms. The van der Waals surface area contributed by atoms with E-state index in [4.69, 9.17) is 46.9 Å². The number of phenols is 6. The highest BCUT2D eigenvalue weighted by atomic mass is 35.5. The fourth-order valence-electron chi connectivity index (χ4n) is 11.3. The summed E-state index contributed by atoms with van der Waals surface area (Å²) in [5.74, 6) is -14.7. The summed E-state index contributed by atoms with van der Waals surface area (Å²) < 4.78 is 29.2. The fourth-order valence-corrected chi connectivity index (χ4v) is 11.8. The Bertz CT molecular complexity index is 4560. The molecule has 490 valence electrons. The fraction of sp³-hybridized carbons (Fsp3) is 0.164. The SMILES string of the molecule is COC(=O)[C@@H]1NC(=O)[C@H]2NC(=O)[C@H](NC(=O)[C@@H]3NC(=O)[C@H]4NC(=O)[C@@H](Cc5ccc(c(Cl)c5)Oc5cc3cc(c5O)Oc3ccc(cc3Cl)[C@H]2O)NC(=O)[C@H](NC(=O)OCc2ccccc2)c2ccc(O)c(c2)Oc2cc(O)cc4c2)c2ccc(O)c(c2)-c2c(O)cc(O)cc21. The number of amides is 7. The topological polar surface area (TPSA) is 409 Å². The molecule has 0 saturated heterocycles. The third kappa shape index (κ3) is 13.1. The zero-order valence-corrected chi connectivity index (χ0v) is 51.1. The van der Waals surface area contributed by atoms with Gasteiger partial charge in [0.1, 0.15) is 89.2 Å². The van der Waals surface area contributed by atoms with Gasteiger partial charge >= 0.3 is 12.1 Å². The average molecular weight is 1350 g/mol. The number of fused-ring (bicyclic) bond motifs is 14. The second-order valence-corrected chi connectivity index (χ2v) is 23.3. The highest BCUT2D eigenvalue weighted by molar-refractivity contribution is 6.32. The summed E-state index contributed by atoms with van der Waals surface area (Å²) in [6, 6.07) is 16.5. The predicted octanol–water partition coefficient (Wildman–Crippen LogP) is 7.04. The van der Waals surface area contributed by atoms with Crippen molar-refractivity contribution >= 4 is 70.7 Å². The van der Waals surface area contributed by atoms with E-state index >= 15 is 19.2 Å². The molecule has 0 aromatic heterocycles. The van der Waals surface area contributed by atoms with Crippen LogP contribution in [-0.2, 0) is 56.1 Å². The van der Waals surface area contributed by atoms with Gasteiger partial charge in [0.15, 0.2) is 29.0 Å². The minimum absolute atomic E-state index is 0.0134. The molecule has 8 atom stereocenters. The number of aliphatic hydroxyl groups excluding tert-OH is 1. The lowest BCUT2D eigenvalue weighted by Gasteiger charge is -2.31. The van der Waals surface area contributed by atoms with Crippen LogP contribution in [0.4, 0.5) is 4.79 Å². The summed E-state index contributed by atoms with van der Waals surface area (Å²) in [6.07, 6.45) is -3.64. The van der Waals surface area contributed by atoms with Crippen LogP contribution in [0.25, 0.3) is 11.1 Å². The number of ether oxygens (including phenoxy) is 5. The molecule has 7 amide bonds. The highest BCUT2D eigenvalue weighted by Crippen LogP contribution is 2.48. The zero-order chi connectivity index (χ0) is 68.0. The number of aliphatic hydroxyl groups is 1. The van der Waals surface area contributed by atoms with E-state index in [1.165, 1.54) is 48.5 Å². The Kier molecular flexibility index (Phi) is 17.5. The molecule has 6 aliphatic heterocycles. The van der Waals surface area contributed by atoms with Crippen LogP contribution in [-0.4, -0.2) is 102 Å². The van der Waals surface area contributed by atoms with E-state index in [0.717, 1.165) is 73.8 Å². The van der Waals surface area contributed by atoms with Crippen molar-refractivity contribution in [2.24, 2.45) is 0 Å². The first-order chi connectivity index (χ1) is 46.0. The van der Waals surface area contributed by atoms with Crippen molar-refractivity contribution in [3.63, 3.8) is 0 Å². The smallest absolute Gasteiger partial charge is 0.408 e. The Morgan fingerprint density at radius 2 is 1.14 bits per heavy atom. The van der Waals surface area contributed by atoms with Gasteiger partial charge in [-0.05, 0) is 118 Å². The Morgan fingerprint density at radius 1 is 0.531 bits per heavy atom. The molecule has 8 aromatic carbocycles. The van der Waals surface area contributed by atoms with Gasteiger partial charge in [0.25, 0.3) is 0 Å². The summed E-state index contributed by atoms with van der Waals surface area (Å²) in [7, 11) is 0.960. The van der Waals surface area contributed by atoms with Crippen LogP contribution in [0.15, 0.2) is 146 Å². The van der Waals surface area contributed by atoms with Crippen LogP contribution in [0.2, 0.25) is 10.0 Å². The van der Waals surface area contributed by atoms with Gasteiger partial charge in [0, 0.05) is 35.2 Å². The van der Waals surface area contributed by atoms with E-state index in [-0.39, 0.29) is 84.2 Å². The summed E-state index contributed by atoms with van der Waals surface area (Å²) in [5, 5.41) is 98.4. The molecule has 6 aliphatic rings. The van der Waals surface area contributed by atoms with Gasteiger partial charge in [0.2, 0.25) is 41.2 Å². The average Bonchev–Trinajstić information content (AvgIpc) is 0.765. The Morgan fingerprint density at radius 3 is 1.82 bits per heavy atom. The Balaban J connectivity index is 1.04. The molecule has 27 nitrogen and oxygen atoms in total. The lowest BCUT2D eigenvalue weighted by Crippen LogP contribution is -2.55. The standard InChI is InChI=1S/C67H53Cl2N7O20/c1-92-66(90)56-39-25-36(78)26-45(81)51(39)38-19-30(8-11-43(38)79)52-62(86)75-57(65(89)74-56)58(82)32-10-14-47(41(69)20-32)96-50-23-34-22-49(59(50)83)95-46-13-7-29(15-40(46)68)16-42-60(84)71-54(63(87)73-55(34)64(88)72-52)33-17-35(77)24-37(18-33)94-48-21-31(9-12-44(48)80)53(61(85)70-42)76-67(91)93-27-28-5-3-2-4-6-28/h2-15,17-26,42,52-58,77-83H,16,27H2,1H3,(H,70,85)(H,71,84)(H,72,88)(H,73,87)(H,74,89)(H,75,86)(H,76,91)/t42-,52-,53-,54+,55-,56-,57+,58-/m1/s1. The van der Waals surface area contributed by atoms with E-state index in [2.05, 4.69) is 37.2 Å². The van der Waals surface area contributed by atoms with E-state index in [1.54, 1.807) is 30.3 Å². The van der Waals surface area contributed by atoms with Gasteiger partial charge in [0.05, 0.1) is 17.2 Å². The molecule has 17 bridgehead atoms. The molecular weight excluding hydrogens is 1290 g/mol. The molecule has 6 heterocycles. The number of aromatic hydroxyl groups is 6. The van der Waals surface area contributed by atoms with E-state index in [9.17, 15) is 54.9 Å². The van der Waals surface area contributed by atoms with Crippen molar-refractivity contribution in [1.29, 1.82) is 0 Å². The maximum absolute atomic E-state index is 15.9. The number of benzene rings is 8. The van der Waals surface area contributed by atoms with Crippen molar-refractivity contribution in [2.45, 2.75) is 61.4 Å². The quantitative estimate of drug-likeness (QED) is 0.0785. The Labute approximate surface area is 552 Å². The zero-order valence-electron chi connectivity index (χ0n) is 49.6. The van der Waals surface area contributed by atoms with Crippen LogP contribution < -0.4 is 51.4 Å². The maximum Gasteiger partial charge on any atom is 0.408 e. The highest BCUT2D eigenvalue weighted by Gasteiger charge is 2.42. The number of nitrogens with one attached hydrogen (secondary N) is 7. The maximum atomic E-state index is 15.9. The number of methoxy groups -OCH3 is 1. The van der Waals surface area contributed by atoms with Crippen LogP contribution >= 0.6 is 23.2 Å². The monoisotopic (exact) mass is 1350 g/mol. The molecule has 8 aromatic rings. The first kappa shape index (κ1) is 64.2. The molecule has 14 rings (SSSR count). The number of hydrogen-bond acceptors (Lipinski definition) is 20. The Hall–Kier alpha value is -11.9. The van der Waals surface area contributed by atoms with Gasteiger partial charge in [-0.1, -0.05) is 77.8 Å². The van der Waals surface area contributed by atoms with Gasteiger partial charge in [-0.25, -0.2) is 9.59 Å². The lowest BCUT2D eigenvalue weighted by atomic mass is 9.89. The van der Waals surface area contributed by atoms with Crippen LogP contribution in [0, 0.1) is 0 Å². The van der Waals surface area contributed by atoms with Gasteiger partial charge in [-0.15, -0.1) is 0 Å². The van der Waals surface area contributed by atoms with Crippen molar-refractivity contribution in [3.05, 3.63) is 200 Å². The summed E-state index contributed by atoms with van der Waals surface area (Å²) in [6.45, 7) is -0.234. The van der Waals surface area contributed by atoms with Gasteiger partial charge in [-0.3, -0.25) is 28.8 Å². The molecule has 0 radical (unpaired) electrons. The first-order valence-electron chi connectivity index (χ1n) is 29.1. The second kappa shape index (κ2) is 26.2. The predicted molar refractivity (Wildman–Crippen MR) is 335 cm³/mol. The van der Waals surface area contributed by atoms with Crippen molar-refractivity contribution in [1.82, 2.24) is 37.2 Å². The summed E-state index contributed by atoms with van der Waals surface area (Å²) in [5.41, 5.74) is -1.39. The number of hydrogen-bond donors (Lipinski definition) is 14. The van der Waals surface area contributed by atoms with Crippen molar-refractivity contribution < 1.29 is 97.8 Å². The molecule has 0 fully saturated rings. The third-order valence-corrected chi connectivity index (χ3v) is 16.7. The third-order valence-electron chi connectivity index (χ3n) is 16.1. The second-order valence-electron chi connectivity index (χ2n) is 22.4. The lowest BCUT2D eigenvalue weighted by molar-refractivity contribution is -0.146. The van der Waals surface area contributed by atoms with Crippen LogP contribution in [0.3, 0.4) is 0 Å². The number of rotatable bonds is 4. The molecule has 0 saturated carbocycles. The van der Waals surface area contributed by atoms with Crippen molar-refractivity contribution in [2.75, 3.05) is 7.11 Å². The molecule has 96 heavy (non-hydrogen) atoms. The van der Waals surface area contributed by atoms with Crippen molar-refractivity contribution in [3.8, 4) is 80.1 Å². The first-order valence-corrected chi connectivity index (χ1v) is 29.8. The number of carbonyl (C=O) groups is 8. The summed E-state index contributed by atoms with van der Waals surface area (Å²) in [4.78, 5) is 119. The van der Waals surface area contributed by atoms with Crippen LogP contribution in [0.5, 0.6) is 69.0 Å². The minimum Gasteiger partial charge on any atom is -0.508 e. The molecular formula is C67H53Cl2N7O20. The number of phenolic OH excluding ortho intramolecular Hbond substituents is 6. The number of carbonyl (C=O) groups excluding carboxylic acids is 8. The largest absolute Gasteiger partial charge is 0.508 e.